The maximum Gasteiger partial charge on any atom is 0.406 e. The second-order valence-corrected chi connectivity index (χ2v) is 3.74. The quantitative estimate of drug-likeness (QED) is 0.614. The van der Waals surface area contributed by atoms with E-state index < -0.39 is 42.2 Å². The maximum atomic E-state index is 12.4. The first-order valence-corrected chi connectivity index (χ1v) is 5.12. The van der Waals surface area contributed by atoms with Crippen LogP contribution < -0.4 is 16.6 Å². The first-order valence-electron chi connectivity index (χ1n) is 5.12. The van der Waals surface area contributed by atoms with Crippen molar-refractivity contribution in [1.82, 2.24) is 14.9 Å². The minimum Gasteiger partial charge on any atom is -0.346 e. The molecule has 1 amide bonds. The molecule has 110 valence electrons. The predicted molar refractivity (Wildman–Crippen MR) is 59.5 cm³/mol. The fourth-order valence-electron chi connectivity index (χ4n) is 1.26. The van der Waals surface area contributed by atoms with Crippen LogP contribution in [0.25, 0.3) is 0 Å². The molecule has 10 heteroatoms. The van der Waals surface area contributed by atoms with E-state index in [0.29, 0.717) is 6.20 Å². The highest BCUT2D eigenvalue weighted by atomic mass is 19.4. The lowest BCUT2D eigenvalue weighted by atomic mass is 10.3. The molecule has 6 nitrogen and oxygen atoms in total. The summed E-state index contributed by atoms with van der Waals surface area (Å²) in [4.78, 5) is 35.0. The Morgan fingerprint density at radius 1 is 1.40 bits per heavy atom. The molecule has 0 aliphatic carbocycles. The third-order valence-electron chi connectivity index (χ3n) is 2.12. The number of aromatic amines is 1. The van der Waals surface area contributed by atoms with Crippen molar-refractivity contribution in [2.45, 2.75) is 19.3 Å². The predicted octanol–water partition coefficient (Wildman–Crippen LogP) is 0.198. The molecule has 2 N–H and O–H groups in total. The van der Waals surface area contributed by atoms with Gasteiger partial charge in [-0.1, -0.05) is 6.58 Å². The summed E-state index contributed by atoms with van der Waals surface area (Å²) in [5.74, 6) is -2.52. The normalized spacial score (nSPS) is 11.2. The van der Waals surface area contributed by atoms with Crippen molar-refractivity contribution in [3.63, 3.8) is 0 Å². The van der Waals surface area contributed by atoms with Crippen LogP contribution in [-0.2, 0) is 17.9 Å². The molecule has 1 aromatic rings. The van der Waals surface area contributed by atoms with E-state index in [0.717, 1.165) is 0 Å². The largest absolute Gasteiger partial charge is 0.406 e. The van der Waals surface area contributed by atoms with Crippen molar-refractivity contribution < 1.29 is 22.4 Å². The minimum atomic E-state index is -4.66. The van der Waals surface area contributed by atoms with Crippen molar-refractivity contribution >= 4 is 5.91 Å². The maximum absolute atomic E-state index is 12.4. The number of rotatable bonds is 4. The first kappa shape index (κ1) is 15.7. The van der Waals surface area contributed by atoms with Crippen LogP contribution in [0.2, 0.25) is 0 Å². The fourth-order valence-corrected chi connectivity index (χ4v) is 1.26. The summed E-state index contributed by atoms with van der Waals surface area (Å²) in [5, 5.41) is 1.92. The van der Waals surface area contributed by atoms with E-state index >= 15 is 0 Å². The molecule has 0 fully saturated rings. The van der Waals surface area contributed by atoms with E-state index in [2.05, 4.69) is 6.58 Å². The Morgan fingerprint density at radius 2 is 2.00 bits per heavy atom. The number of nitrogens with one attached hydrogen (secondary N) is 2. The number of carbonyl (C=O) groups excluding carboxylic acids is 1. The van der Waals surface area contributed by atoms with Crippen molar-refractivity contribution in [3.8, 4) is 0 Å². The van der Waals surface area contributed by atoms with Gasteiger partial charge in [0.15, 0.2) is 5.83 Å². The summed E-state index contributed by atoms with van der Waals surface area (Å²) in [6.07, 6.45) is -4.01. The van der Waals surface area contributed by atoms with Gasteiger partial charge in [0, 0.05) is 6.20 Å². The molecule has 0 atom stereocenters. The van der Waals surface area contributed by atoms with Crippen molar-refractivity contribution in [2.75, 3.05) is 0 Å². The Bertz CT molecular complexity index is 644. The summed E-state index contributed by atoms with van der Waals surface area (Å²) in [6, 6.07) is 0. The number of hydrogen-bond acceptors (Lipinski definition) is 3. The van der Waals surface area contributed by atoms with Crippen molar-refractivity contribution in [2.24, 2.45) is 0 Å². The lowest BCUT2D eigenvalue weighted by molar-refractivity contribution is -0.141. The number of nitrogens with zero attached hydrogens (tertiary/aromatic N) is 1. The third kappa shape index (κ3) is 4.37. The van der Waals surface area contributed by atoms with Gasteiger partial charge in [0.05, 0.1) is 12.1 Å². The summed E-state index contributed by atoms with van der Waals surface area (Å²) >= 11 is 0. The van der Waals surface area contributed by atoms with Gasteiger partial charge in [-0.25, -0.2) is 9.18 Å². The molecule has 0 spiro atoms. The van der Waals surface area contributed by atoms with Crippen LogP contribution in [-0.4, -0.2) is 21.6 Å². The van der Waals surface area contributed by atoms with Gasteiger partial charge in [0.2, 0.25) is 0 Å². The fraction of sp³-hybridized carbons (Fsp3) is 0.300. The van der Waals surface area contributed by atoms with Gasteiger partial charge in [-0.3, -0.25) is 19.1 Å². The topological polar surface area (TPSA) is 84.0 Å². The van der Waals surface area contributed by atoms with Crippen LogP contribution in [0.3, 0.4) is 0 Å². The minimum absolute atomic E-state index is 0.229. The molecule has 1 heterocycles. The monoisotopic (exact) mass is 295 g/mol. The zero-order valence-corrected chi connectivity index (χ0v) is 9.88. The summed E-state index contributed by atoms with van der Waals surface area (Å²) in [5.41, 5.74) is -2.54. The van der Waals surface area contributed by atoms with Crippen LogP contribution in [0.4, 0.5) is 17.6 Å². The zero-order chi connectivity index (χ0) is 15.5. The van der Waals surface area contributed by atoms with Gasteiger partial charge in [0.1, 0.15) is 6.54 Å². The van der Waals surface area contributed by atoms with Gasteiger partial charge < -0.3 is 5.32 Å². The molecule has 0 saturated carbocycles. The Morgan fingerprint density at radius 3 is 2.50 bits per heavy atom. The van der Waals surface area contributed by atoms with E-state index in [1.54, 1.807) is 4.98 Å². The van der Waals surface area contributed by atoms with E-state index in [-0.39, 0.29) is 10.1 Å². The first-order chi connectivity index (χ1) is 9.10. The number of H-pyrrole nitrogens is 1. The summed E-state index contributed by atoms with van der Waals surface area (Å²) < 4.78 is 49.2. The summed E-state index contributed by atoms with van der Waals surface area (Å²) in [6.45, 7) is 0.557. The van der Waals surface area contributed by atoms with Crippen molar-refractivity contribution in [3.05, 3.63) is 45.0 Å². The van der Waals surface area contributed by atoms with Crippen LogP contribution in [0.1, 0.15) is 5.56 Å². The van der Waals surface area contributed by atoms with Gasteiger partial charge in [-0.2, -0.15) is 13.2 Å². The molecule has 0 bridgehead atoms. The Kier molecular flexibility index (Phi) is 4.48. The molecule has 0 radical (unpaired) electrons. The van der Waals surface area contributed by atoms with Crippen LogP contribution in [0.5, 0.6) is 0 Å². The molecule has 0 unspecified atom stereocenters. The number of carbonyl (C=O) groups is 1. The number of alkyl halides is 3. The Labute approximate surface area is 108 Å². The van der Waals surface area contributed by atoms with Gasteiger partial charge in [-0.05, 0) is 0 Å². The number of hydrogen-bond donors (Lipinski definition) is 2. The molecule has 1 rings (SSSR count). The van der Waals surface area contributed by atoms with E-state index in [1.165, 1.54) is 0 Å². The Hall–Kier alpha value is -2.39. The number of amides is 1. The standard InChI is InChI=1S/C10H9F4N3O3/c1-5(11)7(18)15-2-6-3-17(4-10(12,13)14)9(20)16-8(6)19/h3H,1-2,4H2,(H,15,18)(H,16,19,20). The average Bonchev–Trinajstić information content (AvgIpc) is 2.28. The lowest BCUT2D eigenvalue weighted by Crippen LogP contribution is -2.37. The van der Waals surface area contributed by atoms with Gasteiger partial charge in [0.25, 0.3) is 11.5 Å². The Balaban J connectivity index is 3.00. The zero-order valence-electron chi connectivity index (χ0n) is 9.88. The second-order valence-electron chi connectivity index (χ2n) is 3.74. The van der Waals surface area contributed by atoms with E-state index in [1.807, 2.05) is 5.32 Å². The lowest BCUT2D eigenvalue weighted by Gasteiger charge is -2.10. The highest BCUT2D eigenvalue weighted by Crippen LogP contribution is 2.15. The van der Waals surface area contributed by atoms with Crippen LogP contribution in [0, 0.1) is 0 Å². The highest BCUT2D eigenvalue weighted by Gasteiger charge is 2.28. The molecule has 1 aromatic heterocycles. The highest BCUT2D eigenvalue weighted by molar-refractivity contribution is 5.90. The molecule has 0 aliphatic rings. The summed E-state index contributed by atoms with van der Waals surface area (Å²) in [7, 11) is 0. The molecule has 0 aliphatic heterocycles. The molecule has 0 aromatic carbocycles. The van der Waals surface area contributed by atoms with Gasteiger partial charge >= 0.3 is 11.9 Å². The van der Waals surface area contributed by atoms with E-state index in [4.69, 9.17) is 0 Å². The third-order valence-corrected chi connectivity index (χ3v) is 2.12. The SMILES string of the molecule is C=C(F)C(=O)NCc1cn(CC(F)(F)F)c(=O)[nH]c1=O. The average molecular weight is 295 g/mol. The van der Waals surface area contributed by atoms with Crippen molar-refractivity contribution in [1.29, 1.82) is 0 Å². The molecular weight excluding hydrogens is 286 g/mol. The van der Waals surface area contributed by atoms with Crippen LogP contribution >= 0.6 is 0 Å². The molecule has 0 saturated heterocycles. The number of aromatic nitrogens is 2. The smallest absolute Gasteiger partial charge is 0.346 e. The van der Waals surface area contributed by atoms with E-state index in [9.17, 15) is 31.9 Å². The van der Waals surface area contributed by atoms with Gasteiger partial charge in [-0.15, -0.1) is 0 Å². The molecule has 20 heavy (non-hydrogen) atoms. The van der Waals surface area contributed by atoms with Crippen LogP contribution in [0.15, 0.2) is 28.2 Å². The molecular formula is C10H9F4N3O3. The second kappa shape index (κ2) is 5.72. The number of halogens is 4.